The molecule has 3 nitrogen and oxygen atoms in total. The summed E-state index contributed by atoms with van der Waals surface area (Å²) in [4.78, 5) is 19.4. The van der Waals surface area contributed by atoms with Gasteiger partial charge in [-0.1, -0.05) is 12.1 Å². The third-order valence-corrected chi connectivity index (χ3v) is 5.97. The molecular formula is C17H16N2OS2. The summed E-state index contributed by atoms with van der Waals surface area (Å²) in [6.07, 6.45) is 2.59. The Hall–Kier alpha value is -1.72. The number of benzene rings is 1. The van der Waals surface area contributed by atoms with Crippen LogP contribution in [-0.4, -0.2) is 22.3 Å². The van der Waals surface area contributed by atoms with Crippen LogP contribution in [0.2, 0.25) is 0 Å². The number of carbonyl (C=O) groups is 1. The number of amides is 1. The van der Waals surface area contributed by atoms with Crippen LogP contribution in [0.4, 0.5) is 0 Å². The number of aromatic nitrogens is 1. The highest BCUT2D eigenvalue weighted by molar-refractivity contribution is 7.18. The smallest absolute Gasteiger partial charge is 0.227 e. The van der Waals surface area contributed by atoms with E-state index in [-0.39, 0.29) is 11.9 Å². The van der Waals surface area contributed by atoms with Gasteiger partial charge in [0.1, 0.15) is 5.01 Å². The van der Waals surface area contributed by atoms with Crippen LogP contribution < -0.4 is 0 Å². The minimum Gasteiger partial charge on any atom is -0.333 e. The molecule has 1 aliphatic rings. The first-order valence-electron chi connectivity index (χ1n) is 7.47. The predicted molar refractivity (Wildman–Crippen MR) is 91.3 cm³/mol. The summed E-state index contributed by atoms with van der Waals surface area (Å²) in [6, 6.07) is 10.4. The van der Waals surface area contributed by atoms with Crippen molar-refractivity contribution in [3.8, 4) is 0 Å². The molecule has 3 heterocycles. The van der Waals surface area contributed by atoms with E-state index in [0.29, 0.717) is 6.42 Å². The van der Waals surface area contributed by atoms with Crippen molar-refractivity contribution in [1.29, 1.82) is 0 Å². The maximum atomic E-state index is 12.6. The molecule has 0 N–H and O–H groups in total. The van der Waals surface area contributed by atoms with Crippen molar-refractivity contribution >= 4 is 38.8 Å². The van der Waals surface area contributed by atoms with Crippen LogP contribution in [0, 0.1) is 0 Å². The third kappa shape index (κ3) is 2.55. The van der Waals surface area contributed by atoms with Gasteiger partial charge in [0.15, 0.2) is 0 Å². The molecule has 1 atom stereocenters. The van der Waals surface area contributed by atoms with E-state index in [0.717, 1.165) is 35.5 Å². The first-order chi connectivity index (χ1) is 10.8. The first-order valence-corrected chi connectivity index (χ1v) is 9.23. The molecule has 1 amide bonds. The Labute approximate surface area is 137 Å². The number of hydrogen-bond donors (Lipinski definition) is 0. The zero-order chi connectivity index (χ0) is 14.9. The standard InChI is InChI=1S/C17H16N2OS2/c20-16(10-12-7-9-21-11-12)19-8-3-5-14(19)17-18-13-4-1-2-6-15(13)22-17/h1-2,4,6-7,9,11,14H,3,5,8,10H2. The summed E-state index contributed by atoms with van der Waals surface area (Å²) in [5, 5.41) is 5.16. The normalized spacial score (nSPS) is 18.2. The fourth-order valence-electron chi connectivity index (χ4n) is 3.02. The Kier molecular flexibility index (Phi) is 3.68. The van der Waals surface area contributed by atoms with E-state index >= 15 is 0 Å². The summed E-state index contributed by atoms with van der Waals surface area (Å²) in [5.74, 6) is 0.222. The van der Waals surface area contributed by atoms with Crippen LogP contribution in [0.15, 0.2) is 41.1 Å². The number of para-hydroxylation sites is 1. The van der Waals surface area contributed by atoms with E-state index in [1.54, 1.807) is 22.7 Å². The van der Waals surface area contributed by atoms with Gasteiger partial charge in [-0.2, -0.15) is 11.3 Å². The Morgan fingerprint density at radius 1 is 1.32 bits per heavy atom. The largest absolute Gasteiger partial charge is 0.333 e. The Bertz CT molecular complexity index is 761. The summed E-state index contributed by atoms with van der Waals surface area (Å²) in [5.41, 5.74) is 2.16. The maximum absolute atomic E-state index is 12.6. The molecule has 1 aromatic carbocycles. The van der Waals surface area contributed by atoms with E-state index < -0.39 is 0 Å². The van der Waals surface area contributed by atoms with Crippen LogP contribution in [0.3, 0.4) is 0 Å². The number of rotatable bonds is 3. The van der Waals surface area contributed by atoms with E-state index in [2.05, 4.69) is 11.4 Å². The van der Waals surface area contributed by atoms with Gasteiger partial charge in [-0.05, 0) is 47.4 Å². The third-order valence-electron chi connectivity index (χ3n) is 4.10. The molecule has 0 spiro atoms. The van der Waals surface area contributed by atoms with Gasteiger partial charge >= 0.3 is 0 Å². The highest BCUT2D eigenvalue weighted by atomic mass is 32.1. The van der Waals surface area contributed by atoms with Gasteiger partial charge in [0.25, 0.3) is 0 Å². The Morgan fingerprint density at radius 3 is 3.05 bits per heavy atom. The predicted octanol–water partition coefficient (Wildman–Crippen LogP) is 4.26. The van der Waals surface area contributed by atoms with Crippen molar-refractivity contribution in [2.24, 2.45) is 0 Å². The number of thiophene rings is 1. The van der Waals surface area contributed by atoms with E-state index in [1.807, 2.05) is 34.5 Å². The minimum absolute atomic E-state index is 0.156. The van der Waals surface area contributed by atoms with Crippen LogP contribution in [0.25, 0.3) is 10.2 Å². The van der Waals surface area contributed by atoms with Crippen LogP contribution in [-0.2, 0) is 11.2 Å². The quantitative estimate of drug-likeness (QED) is 0.719. The van der Waals surface area contributed by atoms with Crippen molar-refractivity contribution in [1.82, 2.24) is 9.88 Å². The molecular weight excluding hydrogens is 312 g/mol. The second kappa shape index (κ2) is 5.82. The topological polar surface area (TPSA) is 33.2 Å². The number of likely N-dealkylation sites (tertiary alicyclic amines) is 1. The fourth-order valence-corrected chi connectivity index (χ4v) is 4.81. The number of carbonyl (C=O) groups excluding carboxylic acids is 1. The zero-order valence-corrected chi connectivity index (χ0v) is 13.7. The fraction of sp³-hybridized carbons (Fsp3) is 0.294. The van der Waals surface area contributed by atoms with E-state index in [4.69, 9.17) is 4.98 Å². The molecule has 0 saturated carbocycles. The van der Waals surface area contributed by atoms with Crippen molar-refractivity contribution in [2.75, 3.05) is 6.54 Å². The van der Waals surface area contributed by atoms with Crippen LogP contribution >= 0.6 is 22.7 Å². The highest BCUT2D eigenvalue weighted by Gasteiger charge is 2.32. The molecule has 0 bridgehead atoms. The van der Waals surface area contributed by atoms with Crippen molar-refractivity contribution in [3.05, 3.63) is 51.7 Å². The van der Waals surface area contributed by atoms with Crippen LogP contribution in [0.5, 0.6) is 0 Å². The summed E-state index contributed by atoms with van der Waals surface area (Å²) in [7, 11) is 0. The molecule has 22 heavy (non-hydrogen) atoms. The molecule has 0 radical (unpaired) electrons. The van der Waals surface area contributed by atoms with Gasteiger partial charge in [-0.25, -0.2) is 4.98 Å². The van der Waals surface area contributed by atoms with Gasteiger partial charge in [0.05, 0.1) is 22.7 Å². The maximum Gasteiger partial charge on any atom is 0.227 e. The number of thiazole rings is 1. The molecule has 3 aromatic rings. The van der Waals surface area contributed by atoms with Crippen molar-refractivity contribution in [2.45, 2.75) is 25.3 Å². The highest BCUT2D eigenvalue weighted by Crippen LogP contribution is 2.36. The molecule has 1 aliphatic heterocycles. The van der Waals surface area contributed by atoms with Crippen molar-refractivity contribution < 1.29 is 4.79 Å². The van der Waals surface area contributed by atoms with Gasteiger partial charge in [-0.3, -0.25) is 4.79 Å². The summed E-state index contributed by atoms with van der Waals surface area (Å²) < 4.78 is 1.20. The van der Waals surface area contributed by atoms with E-state index in [1.165, 1.54) is 4.70 Å². The molecule has 1 saturated heterocycles. The number of hydrogen-bond acceptors (Lipinski definition) is 4. The molecule has 1 fully saturated rings. The van der Waals surface area contributed by atoms with Gasteiger partial charge in [0.2, 0.25) is 5.91 Å². The van der Waals surface area contributed by atoms with Gasteiger partial charge in [0, 0.05) is 6.54 Å². The number of fused-ring (bicyclic) bond motifs is 1. The second-order valence-electron chi connectivity index (χ2n) is 5.57. The summed E-state index contributed by atoms with van der Waals surface area (Å²) in [6.45, 7) is 0.851. The average Bonchev–Trinajstić information content (AvgIpc) is 3.26. The zero-order valence-electron chi connectivity index (χ0n) is 12.1. The Balaban J connectivity index is 1.58. The monoisotopic (exact) mass is 328 g/mol. The lowest BCUT2D eigenvalue weighted by Crippen LogP contribution is -2.31. The SMILES string of the molecule is O=C(Cc1ccsc1)N1CCCC1c1nc2ccccc2s1. The summed E-state index contributed by atoms with van der Waals surface area (Å²) >= 11 is 3.36. The Morgan fingerprint density at radius 2 is 2.23 bits per heavy atom. The van der Waals surface area contributed by atoms with E-state index in [9.17, 15) is 4.79 Å². The van der Waals surface area contributed by atoms with Gasteiger partial charge in [-0.15, -0.1) is 11.3 Å². The molecule has 112 valence electrons. The lowest BCUT2D eigenvalue weighted by atomic mass is 10.2. The molecule has 1 unspecified atom stereocenters. The molecule has 2 aromatic heterocycles. The lowest BCUT2D eigenvalue weighted by Gasteiger charge is -2.23. The molecule has 4 rings (SSSR count). The van der Waals surface area contributed by atoms with Crippen molar-refractivity contribution in [3.63, 3.8) is 0 Å². The molecule has 5 heteroatoms. The second-order valence-corrected chi connectivity index (χ2v) is 7.42. The van der Waals surface area contributed by atoms with Gasteiger partial charge < -0.3 is 4.90 Å². The lowest BCUT2D eigenvalue weighted by molar-refractivity contribution is -0.131. The molecule has 0 aliphatic carbocycles. The average molecular weight is 328 g/mol. The minimum atomic E-state index is 0.156. The number of nitrogens with zero attached hydrogens (tertiary/aromatic N) is 2. The first kappa shape index (κ1) is 13.9. The van der Waals surface area contributed by atoms with Crippen LogP contribution in [0.1, 0.15) is 29.5 Å².